The van der Waals surface area contributed by atoms with Gasteiger partial charge in [-0.3, -0.25) is 9.21 Å². The van der Waals surface area contributed by atoms with E-state index >= 15 is 0 Å². The van der Waals surface area contributed by atoms with Crippen LogP contribution in [0.25, 0.3) is 6.08 Å². The summed E-state index contributed by atoms with van der Waals surface area (Å²) in [6.07, 6.45) is 10.2. The fraction of sp³-hybridized carbons (Fsp3) is 0.464. The van der Waals surface area contributed by atoms with Gasteiger partial charge in [0, 0.05) is 42.4 Å². The van der Waals surface area contributed by atoms with Crippen LogP contribution < -0.4 is 9.62 Å². The molecule has 3 aliphatic heterocycles. The first kappa shape index (κ1) is 27.4. The van der Waals surface area contributed by atoms with Gasteiger partial charge >= 0.3 is 5.97 Å². The summed E-state index contributed by atoms with van der Waals surface area (Å²) in [6.45, 7) is 8.53. The first-order valence-electron chi connectivity index (χ1n) is 13.1. The molecule has 0 amide bonds. The number of rotatable bonds is 9. The van der Waals surface area contributed by atoms with E-state index in [1.165, 1.54) is 22.2 Å². The van der Waals surface area contributed by atoms with Crippen LogP contribution in [0.5, 0.6) is 0 Å². The lowest BCUT2D eigenvalue weighted by atomic mass is 10.1. The number of fused-ring (bicyclic) bond motifs is 1. The van der Waals surface area contributed by atoms with Crippen molar-refractivity contribution in [3.63, 3.8) is 0 Å². The zero-order valence-electron chi connectivity index (χ0n) is 22.1. The predicted octanol–water partition coefficient (Wildman–Crippen LogP) is 4.85. The number of anilines is 1. The first-order valence-corrected chi connectivity index (χ1v) is 16.5. The molecule has 2 atom stereocenters. The molecule has 7 nitrogen and oxygen atoms in total. The van der Waals surface area contributed by atoms with Crippen molar-refractivity contribution in [2.75, 3.05) is 30.5 Å². The van der Waals surface area contributed by atoms with Crippen molar-refractivity contribution in [2.24, 2.45) is 0 Å². The number of carbonyl (C=O) groups excluding carboxylic acids is 1. The van der Waals surface area contributed by atoms with E-state index in [2.05, 4.69) is 28.6 Å². The molecule has 2 unspecified atom stereocenters. The molecular formula is C28H35N3O4S3. The van der Waals surface area contributed by atoms with Gasteiger partial charge in [-0.1, -0.05) is 42.1 Å². The van der Waals surface area contributed by atoms with Gasteiger partial charge in [0.05, 0.1) is 17.7 Å². The van der Waals surface area contributed by atoms with Crippen molar-refractivity contribution in [3.05, 3.63) is 69.1 Å². The second-order valence-corrected chi connectivity index (χ2v) is 14.7. The molecule has 0 bridgehead atoms. The molecule has 0 spiro atoms. The van der Waals surface area contributed by atoms with Gasteiger partial charge in [0.25, 0.3) is 0 Å². The van der Waals surface area contributed by atoms with Crippen molar-refractivity contribution in [2.45, 2.75) is 56.0 Å². The van der Waals surface area contributed by atoms with E-state index in [9.17, 15) is 13.2 Å². The number of ether oxygens (including phenoxy) is 1. The second-order valence-electron chi connectivity index (χ2n) is 10.1. The van der Waals surface area contributed by atoms with Crippen LogP contribution in [0, 0.1) is 0 Å². The fourth-order valence-electron chi connectivity index (χ4n) is 5.28. The Balaban J connectivity index is 1.24. The van der Waals surface area contributed by atoms with E-state index in [1.807, 2.05) is 62.2 Å². The average Bonchev–Trinajstić information content (AvgIpc) is 3.65. The summed E-state index contributed by atoms with van der Waals surface area (Å²) in [5.41, 5.74) is 5.00. The molecule has 38 heavy (non-hydrogen) atoms. The number of sulfonamides is 1. The average molecular weight is 574 g/mol. The van der Waals surface area contributed by atoms with E-state index in [1.54, 1.807) is 4.31 Å². The molecule has 4 aliphatic rings. The minimum Gasteiger partial charge on any atom is -0.463 e. The van der Waals surface area contributed by atoms with Crippen LogP contribution in [-0.2, 0) is 26.0 Å². The highest BCUT2D eigenvalue weighted by Gasteiger charge is 2.37. The second kappa shape index (κ2) is 11.5. The Morgan fingerprint density at radius 1 is 1.32 bits per heavy atom. The third-order valence-corrected chi connectivity index (χ3v) is 12.2. The van der Waals surface area contributed by atoms with Crippen LogP contribution in [0.2, 0.25) is 0 Å². The van der Waals surface area contributed by atoms with Crippen LogP contribution >= 0.6 is 23.5 Å². The Hall–Kier alpha value is -2.14. The number of esters is 1. The molecule has 0 saturated carbocycles. The van der Waals surface area contributed by atoms with Gasteiger partial charge in [-0.25, -0.2) is 13.2 Å². The normalized spacial score (nSPS) is 23.1. The van der Waals surface area contributed by atoms with E-state index < -0.39 is 14.6 Å². The number of hydrogen-bond donors (Lipinski definition) is 1. The largest absolute Gasteiger partial charge is 0.463 e. The smallest absolute Gasteiger partial charge is 0.333 e. The van der Waals surface area contributed by atoms with E-state index in [0.29, 0.717) is 19.4 Å². The van der Waals surface area contributed by atoms with Crippen LogP contribution in [0.4, 0.5) is 5.69 Å². The highest BCUT2D eigenvalue weighted by molar-refractivity contribution is 8.15. The molecule has 0 aromatic heterocycles. The molecule has 3 heterocycles. The summed E-state index contributed by atoms with van der Waals surface area (Å²) in [5.74, 6) is -0.196. The van der Waals surface area contributed by atoms with Crippen LogP contribution in [-0.4, -0.2) is 61.5 Å². The Labute approximate surface area is 234 Å². The van der Waals surface area contributed by atoms with Crippen LogP contribution in [0.1, 0.15) is 44.7 Å². The molecule has 1 aromatic rings. The van der Waals surface area contributed by atoms with Gasteiger partial charge < -0.3 is 10.1 Å². The van der Waals surface area contributed by atoms with Gasteiger partial charge in [0.1, 0.15) is 4.58 Å². The summed E-state index contributed by atoms with van der Waals surface area (Å²) < 4.78 is 33.6. The summed E-state index contributed by atoms with van der Waals surface area (Å²) >= 11 is 3.21. The molecule has 5 rings (SSSR count). The topological polar surface area (TPSA) is 79.0 Å². The van der Waals surface area contributed by atoms with E-state index in [-0.39, 0.29) is 17.4 Å². The number of nitrogens with zero attached hydrogens (tertiary/aromatic N) is 2. The molecular weight excluding hydrogens is 539 g/mol. The number of thioether (sulfide) groups is 2. The number of hydrogen-bond acceptors (Lipinski definition) is 8. The summed E-state index contributed by atoms with van der Waals surface area (Å²) in [7, 11) is -3.51. The first-order chi connectivity index (χ1) is 18.3. The Kier molecular flexibility index (Phi) is 8.33. The lowest BCUT2D eigenvalue weighted by Crippen LogP contribution is -2.42. The Morgan fingerprint density at radius 3 is 2.84 bits per heavy atom. The molecule has 1 aliphatic carbocycles. The standard InChI is InChI=1S/C28H35N3O4S3/c1-4-35-28(32)20-10-12-30(13-11-20)18-23-17-29-27(37-23)22-15-21-7-5-8-25(24(21)16-22)31(19(2)3)38(33,34)26-9-6-14-36-26/h5-8,10,14-15,17,19,26-27,29H,4,9,11-13,16,18H2,1-3H3. The third-order valence-electron chi connectivity index (χ3n) is 7.09. The van der Waals surface area contributed by atoms with Gasteiger partial charge in [-0.05, 0) is 68.2 Å². The highest BCUT2D eigenvalue weighted by atomic mass is 32.3. The minimum atomic E-state index is -3.51. The van der Waals surface area contributed by atoms with Crippen molar-refractivity contribution in [1.29, 1.82) is 0 Å². The number of carbonyl (C=O) groups is 1. The maximum atomic E-state index is 13.6. The highest BCUT2D eigenvalue weighted by Crippen LogP contribution is 2.42. The Morgan fingerprint density at radius 2 is 2.16 bits per heavy atom. The number of nitrogens with one attached hydrogen (secondary N) is 1. The molecule has 1 aromatic carbocycles. The van der Waals surface area contributed by atoms with E-state index in [0.717, 1.165) is 48.4 Å². The maximum absolute atomic E-state index is 13.6. The summed E-state index contributed by atoms with van der Waals surface area (Å²) in [6, 6.07) is 5.82. The van der Waals surface area contributed by atoms with Gasteiger partial charge in [0.2, 0.25) is 10.0 Å². The fourth-order valence-corrected chi connectivity index (χ4v) is 9.71. The molecule has 1 N–H and O–H groups in total. The lowest BCUT2D eigenvalue weighted by Gasteiger charge is -2.32. The summed E-state index contributed by atoms with van der Waals surface area (Å²) in [4.78, 5) is 15.6. The molecule has 204 valence electrons. The number of benzene rings is 1. The third kappa shape index (κ3) is 5.59. The van der Waals surface area contributed by atoms with Crippen molar-refractivity contribution in [3.8, 4) is 0 Å². The lowest BCUT2D eigenvalue weighted by molar-refractivity contribution is -0.138. The minimum absolute atomic E-state index is 0.124. The Bertz CT molecular complexity index is 1310. The SMILES string of the molecule is CCOC(=O)C1=CCN(CC2=CNC(C3=Cc4cccc(N(C(C)C)S(=O)(=O)C5CC=CS5)c4C3)S2)CC1. The van der Waals surface area contributed by atoms with Gasteiger partial charge in [-0.15, -0.1) is 11.8 Å². The summed E-state index contributed by atoms with van der Waals surface area (Å²) in [5, 5.41) is 5.55. The molecule has 0 fully saturated rings. The zero-order valence-corrected chi connectivity index (χ0v) is 24.5. The van der Waals surface area contributed by atoms with E-state index in [4.69, 9.17) is 4.74 Å². The molecule has 0 radical (unpaired) electrons. The zero-order chi connectivity index (χ0) is 26.9. The van der Waals surface area contributed by atoms with Crippen molar-refractivity contribution < 1.29 is 17.9 Å². The van der Waals surface area contributed by atoms with Crippen molar-refractivity contribution in [1.82, 2.24) is 10.2 Å². The van der Waals surface area contributed by atoms with Gasteiger partial charge in [-0.2, -0.15) is 0 Å². The predicted molar refractivity (Wildman–Crippen MR) is 158 cm³/mol. The monoisotopic (exact) mass is 573 g/mol. The van der Waals surface area contributed by atoms with Crippen molar-refractivity contribution >= 4 is 51.3 Å². The van der Waals surface area contributed by atoms with Gasteiger partial charge in [0.15, 0.2) is 0 Å². The maximum Gasteiger partial charge on any atom is 0.333 e. The van der Waals surface area contributed by atoms with Crippen LogP contribution in [0.3, 0.4) is 0 Å². The number of allylic oxidation sites excluding steroid dienone is 1. The van der Waals surface area contributed by atoms with Crippen LogP contribution in [0.15, 0.2) is 58.0 Å². The molecule has 0 saturated heterocycles. The quantitative estimate of drug-likeness (QED) is 0.421. The molecule has 10 heteroatoms.